The topological polar surface area (TPSA) is 57.0 Å². The first kappa shape index (κ1) is 17.0. The minimum Gasteiger partial charge on any atom is -0.462 e. The van der Waals surface area contributed by atoms with Gasteiger partial charge < -0.3 is 9.30 Å². The monoisotopic (exact) mass is 357 g/mol. The van der Waals surface area contributed by atoms with Crippen LogP contribution in [-0.2, 0) is 11.3 Å². The molecule has 0 aliphatic carbocycles. The summed E-state index contributed by atoms with van der Waals surface area (Å²) in [5, 5.41) is 0. The SMILES string of the molecule is CCOC(=O)c1ccc(-c2nc3ncccc3n2Cc2ccccc2)cc1. The maximum atomic E-state index is 11.9. The van der Waals surface area contributed by atoms with Crippen molar-refractivity contribution in [3.05, 3.63) is 84.1 Å². The molecule has 0 aliphatic rings. The van der Waals surface area contributed by atoms with Gasteiger partial charge in [0.05, 0.1) is 17.7 Å². The lowest BCUT2D eigenvalue weighted by Crippen LogP contribution is -2.05. The largest absolute Gasteiger partial charge is 0.462 e. The van der Waals surface area contributed by atoms with E-state index < -0.39 is 0 Å². The quantitative estimate of drug-likeness (QED) is 0.499. The normalized spacial score (nSPS) is 10.9. The fourth-order valence-corrected chi connectivity index (χ4v) is 3.08. The number of carbonyl (C=O) groups excluding carboxylic acids is 1. The van der Waals surface area contributed by atoms with Gasteiger partial charge in [-0.2, -0.15) is 0 Å². The van der Waals surface area contributed by atoms with Gasteiger partial charge in [-0.1, -0.05) is 42.5 Å². The summed E-state index contributed by atoms with van der Waals surface area (Å²) >= 11 is 0. The van der Waals surface area contributed by atoms with Gasteiger partial charge in [0, 0.05) is 18.3 Å². The van der Waals surface area contributed by atoms with E-state index in [2.05, 4.69) is 21.7 Å². The highest BCUT2D eigenvalue weighted by molar-refractivity contribution is 5.90. The molecule has 0 N–H and O–H groups in total. The Hall–Kier alpha value is -3.47. The second-order valence-corrected chi connectivity index (χ2v) is 6.15. The molecule has 0 bridgehead atoms. The Labute approximate surface area is 157 Å². The van der Waals surface area contributed by atoms with E-state index in [4.69, 9.17) is 9.72 Å². The van der Waals surface area contributed by atoms with Crippen LogP contribution in [0.2, 0.25) is 0 Å². The van der Waals surface area contributed by atoms with Gasteiger partial charge in [-0.05, 0) is 36.8 Å². The zero-order chi connectivity index (χ0) is 18.6. The first-order valence-corrected chi connectivity index (χ1v) is 8.89. The van der Waals surface area contributed by atoms with Crippen LogP contribution in [0, 0.1) is 0 Å². The fraction of sp³-hybridized carbons (Fsp3) is 0.136. The number of nitrogens with zero attached hydrogens (tertiary/aromatic N) is 3. The first-order chi connectivity index (χ1) is 13.3. The van der Waals surface area contributed by atoms with E-state index >= 15 is 0 Å². The molecule has 0 amide bonds. The molecule has 0 unspecified atom stereocenters. The number of hydrogen-bond donors (Lipinski definition) is 0. The summed E-state index contributed by atoms with van der Waals surface area (Å²) < 4.78 is 7.20. The highest BCUT2D eigenvalue weighted by atomic mass is 16.5. The van der Waals surface area contributed by atoms with Crippen LogP contribution in [0.4, 0.5) is 0 Å². The Morgan fingerprint density at radius 2 is 1.78 bits per heavy atom. The van der Waals surface area contributed by atoms with Crippen molar-refractivity contribution in [1.82, 2.24) is 14.5 Å². The number of aromatic nitrogens is 3. The lowest BCUT2D eigenvalue weighted by atomic mass is 10.1. The van der Waals surface area contributed by atoms with Gasteiger partial charge in [-0.15, -0.1) is 0 Å². The molecule has 4 aromatic rings. The number of carbonyl (C=O) groups is 1. The van der Waals surface area contributed by atoms with E-state index in [1.165, 1.54) is 5.56 Å². The number of ether oxygens (including phenoxy) is 1. The molecular formula is C22H19N3O2. The van der Waals surface area contributed by atoms with Gasteiger partial charge in [0.2, 0.25) is 0 Å². The summed E-state index contributed by atoms with van der Waals surface area (Å²) in [6, 6.07) is 21.5. The van der Waals surface area contributed by atoms with E-state index in [0.717, 1.165) is 16.9 Å². The van der Waals surface area contributed by atoms with Gasteiger partial charge in [-0.25, -0.2) is 14.8 Å². The molecule has 0 aliphatic heterocycles. The van der Waals surface area contributed by atoms with Crippen LogP contribution in [0.25, 0.3) is 22.6 Å². The number of esters is 1. The van der Waals surface area contributed by atoms with E-state index in [9.17, 15) is 4.79 Å². The van der Waals surface area contributed by atoms with Crippen LogP contribution in [0.1, 0.15) is 22.8 Å². The zero-order valence-electron chi connectivity index (χ0n) is 15.0. The van der Waals surface area contributed by atoms with Crippen molar-refractivity contribution in [2.45, 2.75) is 13.5 Å². The zero-order valence-corrected chi connectivity index (χ0v) is 15.0. The minimum atomic E-state index is -0.316. The van der Waals surface area contributed by atoms with Gasteiger partial charge in [-0.3, -0.25) is 0 Å². The van der Waals surface area contributed by atoms with Gasteiger partial charge in [0.25, 0.3) is 0 Å². The summed E-state index contributed by atoms with van der Waals surface area (Å²) in [6.07, 6.45) is 1.75. The van der Waals surface area contributed by atoms with Crippen LogP contribution in [0.15, 0.2) is 72.9 Å². The van der Waals surface area contributed by atoms with Crippen LogP contribution in [-0.4, -0.2) is 27.1 Å². The standard InChI is InChI=1S/C22H19N3O2/c1-2-27-22(26)18-12-10-17(11-13-18)21-24-20-19(9-6-14-23-20)25(21)15-16-7-4-3-5-8-16/h3-14H,2,15H2,1H3. The second kappa shape index (κ2) is 7.41. The first-order valence-electron chi connectivity index (χ1n) is 8.89. The van der Waals surface area contributed by atoms with E-state index in [1.807, 2.05) is 42.5 Å². The van der Waals surface area contributed by atoms with Crippen LogP contribution >= 0.6 is 0 Å². The molecule has 0 fully saturated rings. The lowest BCUT2D eigenvalue weighted by molar-refractivity contribution is 0.0526. The van der Waals surface area contributed by atoms with Crippen molar-refractivity contribution < 1.29 is 9.53 Å². The minimum absolute atomic E-state index is 0.316. The smallest absolute Gasteiger partial charge is 0.338 e. The predicted molar refractivity (Wildman–Crippen MR) is 104 cm³/mol. The predicted octanol–water partition coefficient (Wildman–Crippen LogP) is 4.32. The van der Waals surface area contributed by atoms with Crippen molar-refractivity contribution in [2.24, 2.45) is 0 Å². The average Bonchev–Trinajstić information content (AvgIpc) is 3.08. The number of pyridine rings is 1. The Kier molecular flexibility index (Phi) is 4.66. The van der Waals surface area contributed by atoms with Crippen molar-refractivity contribution in [3.63, 3.8) is 0 Å². The number of rotatable bonds is 5. The van der Waals surface area contributed by atoms with Crippen LogP contribution < -0.4 is 0 Å². The fourth-order valence-electron chi connectivity index (χ4n) is 3.08. The number of fused-ring (bicyclic) bond motifs is 1. The molecule has 0 spiro atoms. The van der Waals surface area contributed by atoms with Gasteiger partial charge in [0.1, 0.15) is 5.82 Å². The third-order valence-corrected chi connectivity index (χ3v) is 4.36. The highest BCUT2D eigenvalue weighted by Gasteiger charge is 2.14. The van der Waals surface area contributed by atoms with Crippen LogP contribution in [0.5, 0.6) is 0 Å². The van der Waals surface area contributed by atoms with Gasteiger partial charge in [0.15, 0.2) is 5.65 Å². The molecule has 27 heavy (non-hydrogen) atoms. The molecule has 0 atom stereocenters. The van der Waals surface area contributed by atoms with E-state index in [1.54, 1.807) is 25.3 Å². The molecule has 2 aromatic heterocycles. The van der Waals surface area contributed by atoms with E-state index in [-0.39, 0.29) is 5.97 Å². The maximum absolute atomic E-state index is 11.9. The third-order valence-electron chi connectivity index (χ3n) is 4.36. The Bertz CT molecular complexity index is 1070. The molecule has 5 heteroatoms. The summed E-state index contributed by atoms with van der Waals surface area (Å²) in [5.41, 5.74) is 4.33. The Balaban J connectivity index is 1.77. The average molecular weight is 357 g/mol. The number of hydrogen-bond acceptors (Lipinski definition) is 4. The van der Waals surface area contributed by atoms with E-state index in [0.29, 0.717) is 24.4 Å². The molecule has 2 heterocycles. The number of benzene rings is 2. The highest BCUT2D eigenvalue weighted by Crippen LogP contribution is 2.25. The number of imidazole rings is 1. The molecule has 0 radical (unpaired) electrons. The molecular weight excluding hydrogens is 338 g/mol. The lowest BCUT2D eigenvalue weighted by Gasteiger charge is -2.10. The summed E-state index contributed by atoms with van der Waals surface area (Å²) in [4.78, 5) is 21.0. The summed E-state index contributed by atoms with van der Waals surface area (Å²) in [6.45, 7) is 2.85. The molecule has 5 nitrogen and oxygen atoms in total. The van der Waals surface area contributed by atoms with Crippen molar-refractivity contribution in [3.8, 4) is 11.4 Å². The Morgan fingerprint density at radius 1 is 1.00 bits per heavy atom. The summed E-state index contributed by atoms with van der Waals surface area (Å²) in [7, 11) is 0. The van der Waals surface area contributed by atoms with Crippen molar-refractivity contribution >= 4 is 17.1 Å². The second-order valence-electron chi connectivity index (χ2n) is 6.15. The third kappa shape index (κ3) is 3.44. The van der Waals surface area contributed by atoms with Gasteiger partial charge >= 0.3 is 5.97 Å². The van der Waals surface area contributed by atoms with Crippen molar-refractivity contribution in [2.75, 3.05) is 6.61 Å². The summed E-state index contributed by atoms with van der Waals surface area (Å²) in [5.74, 6) is 0.506. The molecule has 2 aromatic carbocycles. The Morgan fingerprint density at radius 3 is 2.52 bits per heavy atom. The molecule has 0 saturated heterocycles. The molecule has 4 rings (SSSR count). The van der Waals surface area contributed by atoms with Crippen LogP contribution in [0.3, 0.4) is 0 Å². The maximum Gasteiger partial charge on any atom is 0.338 e. The van der Waals surface area contributed by atoms with Crippen molar-refractivity contribution in [1.29, 1.82) is 0 Å². The molecule has 0 saturated carbocycles. The molecule has 134 valence electrons.